The van der Waals surface area contributed by atoms with Crippen LogP contribution in [0.25, 0.3) is 0 Å². The second kappa shape index (κ2) is 18.0. The molecule has 0 aliphatic rings. The summed E-state index contributed by atoms with van der Waals surface area (Å²) in [5, 5.41) is 15.3. The van der Waals surface area contributed by atoms with Crippen LogP contribution in [0.2, 0.25) is 54.4 Å². The Morgan fingerprint density at radius 1 is 0.451 bits per heavy atom. The standard InChI is InChI=1S/3C12H19OSi.2C2H4O2.Bi/c3*1-12(2,3)14(4,5)13-11-9-7-6-8-10-11;2*1-2(3)4;/h3*7-10H,1-5H3;2*1H3,(H,3,4);. The van der Waals surface area contributed by atoms with Gasteiger partial charge in [0.1, 0.15) is 0 Å². The molecule has 0 aliphatic heterocycles. The Bertz CT molecular complexity index is 1360. The predicted molar refractivity (Wildman–Crippen MR) is 224 cm³/mol. The number of carboxylic acids is 2. The summed E-state index contributed by atoms with van der Waals surface area (Å²) in [5.74, 6) is 1.28. The zero-order chi connectivity index (χ0) is 39.8. The Morgan fingerprint density at radius 2 is 0.608 bits per heavy atom. The average Bonchev–Trinajstić information content (AvgIpc) is 2.93. The fraction of sp³-hybridized carbons (Fsp3) is 0.500. The molecule has 0 aromatic heterocycles. The summed E-state index contributed by atoms with van der Waals surface area (Å²) in [7, 11) is -5.71. The minimum absolute atomic E-state index is 0.162. The van der Waals surface area contributed by atoms with Gasteiger partial charge in [0, 0.05) is 13.8 Å². The molecule has 0 saturated heterocycles. The van der Waals surface area contributed by atoms with Crippen LogP contribution < -0.4 is 23.1 Å². The molecule has 7 nitrogen and oxygen atoms in total. The molecular weight excluding hydrogens is 886 g/mol. The number of aliphatic carboxylic acids is 2. The summed E-state index contributed by atoms with van der Waals surface area (Å²) in [5.41, 5.74) is 0. The van der Waals surface area contributed by atoms with Gasteiger partial charge in [-0.2, -0.15) is 0 Å². The fourth-order valence-corrected chi connectivity index (χ4v) is 15.6. The number of carboxylic acid groups (broad SMARTS) is 2. The topological polar surface area (TPSA) is 102 Å². The van der Waals surface area contributed by atoms with Gasteiger partial charge in [-0.05, 0) is 0 Å². The van der Waals surface area contributed by atoms with Gasteiger partial charge in [-0.3, -0.25) is 9.59 Å². The SMILES string of the molecule is CC(=O)O.CC(=O)O.CC(C)(C)[Si](C)(C)Oc1cc[c]([Bi]([c]2ccc(O[Si](C)(C)C(C)(C)C)cc2)[c]2ccc(O[Si](C)(C)C(C)(C)C)cc2)cc1. The summed E-state index contributed by atoms with van der Waals surface area (Å²) in [6.07, 6.45) is 0. The molecule has 51 heavy (non-hydrogen) atoms. The first-order valence-electron chi connectivity index (χ1n) is 17.5. The van der Waals surface area contributed by atoms with E-state index >= 15 is 0 Å². The second-order valence-corrected chi connectivity index (χ2v) is 40.2. The van der Waals surface area contributed by atoms with Crippen LogP contribution in [0.3, 0.4) is 0 Å². The van der Waals surface area contributed by atoms with Crippen molar-refractivity contribution in [1.82, 2.24) is 0 Å². The first-order valence-corrected chi connectivity index (χ1v) is 31.4. The van der Waals surface area contributed by atoms with Crippen molar-refractivity contribution in [2.24, 2.45) is 0 Å². The van der Waals surface area contributed by atoms with Gasteiger partial charge in [0.15, 0.2) is 0 Å². The molecule has 2 N–H and O–H groups in total. The van der Waals surface area contributed by atoms with Crippen LogP contribution in [0, 0.1) is 0 Å². The van der Waals surface area contributed by atoms with E-state index < -0.39 is 58.6 Å². The van der Waals surface area contributed by atoms with E-state index in [0.717, 1.165) is 31.1 Å². The summed E-state index contributed by atoms with van der Waals surface area (Å²) < 4.78 is 24.2. The van der Waals surface area contributed by atoms with Crippen molar-refractivity contribution < 1.29 is 33.1 Å². The summed E-state index contributed by atoms with van der Waals surface area (Å²) in [6, 6.07) is 27.1. The molecule has 0 heterocycles. The number of carbonyl (C=O) groups is 2. The van der Waals surface area contributed by atoms with E-state index in [9.17, 15) is 0 Å². The predicted octanol–water partition coefficient (Wildman–Crippen LogP) is 9.54. The van der Waals surface area contributed by atoms with Crippen molar-refractivity contribution in [1.29, 1.82) is 0 Å². The van der Waals surface area contributed by atoms with Gasteiger partial charge in [-0.15, -0.1) is 0 Å². The van der Waals surface area contributed by atoms with Crippen molar-refractivity contribution in [2.45, 2.75) is 131 Å². The number of benzene rings is 3. The number of hydrogen-bond donors (Lipinski definition) is 2. The van der Waals surface area contributed by atoms with Crippen LogP contribution >= 0.6 is 0 Å². The number of rotatable bonds is 9. The van der Waals surface area contributed by atoms with Crippen LogP contribution in [-0.4, -0.2) is 68.9 Å². The number of hydrogen-bond acceptors (Lipinski definition) is 5. The molecule has 0 aliphatic carbocycles. The van der Waals surface area contributed by atoms with Crippen molar-refractivity contribution in [3.63, 3.8) is 0 Å². The van der Waals surface area contributed by atoms with Crippen LogP contribution in [-0.2, 0) is 9.59 Å². The van der Waals surface area contributed by atoms with E-state index in [4.69, 9.17) is 33.1 Å². The molecule has 11 heteroatoms. The molecule has 0 amide bonds. The molecule has 0 radical (unpaired) electrons. The third-order valence-corrected chi connectivity index (χ3v) is 32.4. The van der Waals surface area contributed by atoms with E-state index in [1.165, 1.54) is 9.81 Å². The molecule has 3 aromatic rings. The monoisotopic (exact) mass is 950 g/mol. The van der Waals surface area contributed by atoms with Gasteiger partial charge in [-0.1, -0.05) is 0 Å². The fourth-order valence-electron chi connectivity index (χ4n) is 3.78. The van der Waals surface area contributed by atoms with Gasteiger partial charge >= 0.3 is 277 Å². The first kappa shape index (κ1) is 46.6. The maximum absolute atomic E-state index is 9.00. The molecule has 3 rings (SSSR count). The van der Waals surface area contributed by atoms with E-state index in [-0.39, 0.29) is 15.1 Å². The zero-order valence-electron chi connectivity index (χ0n) is 34.3. The zero-order valence-corrected chi connectivity index (χ0v) is 40.8. The Labute approximate surface area is 320 Å². The Morgan fingerprint density at radius 3 is 0.745 bits per heavy atom. The second-order valence-electron chi connectivity index (χ2n) is 17.4. The molecule has 3 aromatic carbocycles. The molecule has 284 valence electrons. The summed E-state index contributed by atoms with van der Waals surface area (Å²) in [4.78, 5) is 18.0. The van der Waals surface area contributed by atoms with Gasteiger partial charge in [-0.25, -0.2) is 0 Å². The van der Waals surface area contributed by atoms with Crippen molar-refractivity contribution in [2.75, 3.05) is 0 Å². The Balaban J connectivity index is 0.00000147. The van der Waals surface area contributed by atoms with Crippen LogP contribution in [0.4, 0.5) is 0 Å². The van der Waals surface area contributed by atoms with Gasteiger partial charge < -0.3 is 10.2 Å². The maximum atomic E-state index is 9.00. The molecular formula is C40H65BiO7Si3. The Hall–Kier alpha value is -2.47. The van der Waals surface area contributed by atoms with Gasteiger partial charge in [0.25, 0.3) is 11.9 Å². The van der Waals surface area contributed by atoms with E-state index in [1.54, 1.807) is 0 Å². The molecule has 0 fully saturated rings. The quantitative estimate of drug-likeness (QED) is 0.206. The third kappa shape index (κ3) is 14.8. The molecule has 0 unspecified atom stereocenters. The van der Waals surface area contributed by atoms with E-state index in [1.807, 2.05) is 0 Å². The Kier molecular flexibility index (Phi) is 16.5. The molecule has 0 atom stereocenters. The third-order valence-electron chi connectivity index (χ3n) is 9.82. The van der Waals surface area contributed by atoms with Crippen molar-refractivity contribution in [3.8, 4) is 17.2 Å². The molecule has 0 bridgehead atoms. The first-order chi connectivity index (χ1) is 22.9. The van der Waals surface area contributed by atoms with Gasteiger partial charge in [0.2, 0.25) is 0 Å². The van der Waals surface area contributed by atoms with Crippen LogP contribution in [0.5, 0.6) is 17.2 Å². The van der Waals surface area contributed by atoms with Crippen molar-refractivity contribution in [3.05, 3.63) is 72.8 Å². The van der Waals surface area contributed by atoms with E-state index in [2.05, 4.69) is 174 Å². The summed E-state index contributed by atoms with van der Waals surface area (Å²) in [6.45, 7) is 36.6. The van der Waals surface area contributed by atoms with Crippen molar-refractivity contribution >= 4 is 68.5 Å². The normalized spacial score (nSPS) is 12.5. The minimum atomic E-state index is -2.62. The summed E-state index contributed by atoms with van der Waals surface area (Å²) >= 11 is -2.62. The van der Waals surface area contributed by atoms with Crippen LogP contribution in [0.15, 0.2) is 72.8 Å². The van der Waals surface area contributed by atoms with Crippen LogP contribution in [0.1, 0.15) is 76.2 Å². The average molecular weight is 951 g/mol. The molecule has 0 spiro atoms. The molecule has 0 saturated carbocycles. The van der Waals surface area contributed by atoms with Gasteiger partial charge in [0.05, 0.1) is 0 Å². The van der Waals surface area contributed by atoms with E-state index in [0.29, 0.717) is 0 Å².